The predicted octanol–water partition coefficient (Wildman–Crippen LogP) is 3.40. The van der Waals surface area contributed by atoms with Gasteiger partial charge >= 0.3 is 6.03 Å². The Labute approximate surface area is 304 Å². The molecule has 0 aromatic carbocycles. The minimum atomic E-state index is -3.44. The molecule has 0 aromatic rings. The first kappa shape index (κ1) is 40.4. The van der Waals surface area contributed by atoms with E-state index in [1.165, 1.54) is 11.0 Å². The monoisotopic (exact) mass is 729 g/mol. The van der Waals surface area contributed by atoms with Crippen LogP contribution in [0.2, 0.25) is 0 Å². The molecule has 1 heterocycles. The van der Waals surface area contributed by atoms with E-state index < -0.39 is 68.5 Å². The van der Waals surface area contributed by atoms with Crippen LogP contribution in [0.3, 0.4) is 0 Å². The molecule has 12 nitrogen and oxygen atoms in total. The third-order valence-corrected chi connectivity index (χ3v) is 14.1. The summed E-state index contributed by atoms with van der Waals surface area (Å²) in [5.74, 6) is -0.520. The number of urea groups is 1. The highest BCUT2D eigenvalue weighted by Gasteiger charge is 2.61. The van der Waals surface area contributed by atoms with Gasteiger partial charge in [0.25, 0.3) is 5.91 Å². The smallest absolute Gasteiger partial charge is 0.315 e. The van der Waals surface area contributed by atoms with Crippen LogP contribution < -0.4 is 21.3 Å². The molecule has 4 unspecified atom stereocenters. The van der Waals surface area contributed by atoms with Crippen LogP contribution in [0, 0.1) is 35.0 Å². The number of likely N-dealkylation sites (tertiary alicyclic amines) is 1. The minimum Gasteiger partial charge on any atom is -0.346 e. The number of Topliss-reactive ketones (excluding diaryl/α,β-unsaturated/α-hetero) is 1. The van der Waals surface area contributed by atoms with Crippen molar-refractivity contribution in [1.82, 2.24) is 26.2 Å². The molecule has 4 aliphatic rings. The number of nitrogens with zero attached hydrogens (tertiary/aromatic N) is 1. The number of fused-ring (bicyclic) bond motifs is 1. The molecule has 3 saturated carbocycles. The van der Waals surface area contributed by atoms with E-state index in [2.05, 4.69) is 47.6 Å². The summed E-state index contributed by atoms with van der Waals surface area (Å²) < 4.78 is 27.0. The Kier molecular flexibility index (Phi) is 12.7. The van der Waals surface area contributed by atoms with Crippen molar-refractivity contribution in [1.29, 1.82) is 0 Å². The zero-order chi connectivity index (χ0) is 37.8. The van der Waals surface area contributed by atoms with E-state index in [0.717, 1.165) is 32.1 Å². The summed E-state index contributed by atoms with van der Waals surface area (Å²) in [6.07, 6.45) is 14.5. The Balaban J connectivity index is 1.56. The number of nitrogens with one attached hydrogen (secondary N) is 4. The van der Waals surface area contributed by atoms with Gasteiger partial charge in [-0.1, -0.05) is 72.8 Å². The summed E-state index contributed by atoms with van der Waals surface area (Å²) in [4.78, 5) is 69.7. The zero-order valence-corrected chi connectivity index (χ0v) is 32.0. The van der Waals surface area contributed by atoms with Gasteiger partial charge < -0.3 is 26.2 Å². The molecule has 5 amide bonds. The summed E-state index contributed by atoms with van der Waals surface area (Å²) in [7, 11) is -3.44. The van der Waals surface area contributed by atoms with E-state index in [4.69, 9.17) is 6.42 Å². The van der Waals surface area contributed by atoms with Gasteiger partial charge in [-0.25, -0.2) is 13.2 Å². The maximum atomic E-state index is 14.6. The second kappa shape index (κ2) is 16.1. The number of sulfone groups is 1. The quantitative estimate of drug-likeness (QED) is 0.121. The number of amides is 5. The molecule has 3 aliphatic carbocycles. The van der Waals surface area contributed by atoms with Crippen LogP contribution in [0.1, 0.15) is 112 Å². The molecule has 0 radical (unpaired) electrons. The average molecular weight is 730 g/mol. The lowest BCUT2D eigenvalue weighted by Crippen LogP contribution is -2.63. The molecule has 51 heavy (non-hydrogen) atoms. The molecule has 5 atom stereocenters. The summed E-state index contributed by atoms with van der Waals surface area (Å²) in [6.45, 7) is 13.6. The van der Waals surface area contributed by atoms with E-state index in [1.807, 2.05) is 20.8 Å². The van der Waals surface area contributed by atoms with Gasteiger partial charge in [-0.15, -0.1) is 18.9 Å². The van der Waals surface area contributed by atoms with Crippen LogP contribution in [0.25, 0.3) is 0 Å². The second-order valence-electron chi connectivity index (χ2n) is 17.0. The summed E-state index contributed by atoms with van der Waals surface area (Å²) in [5, 5.41) is 10.8. The maximum absolute atomic E-state index is 14.6. The molecule has 0 bridgehead atoms. The van der Waals surface area contributed by atoms with Gasteiger partial charge in [-0.05, 0) is 61.2 Å². The lowest BCUT2D eigenvalue weighted by Gasteiger charge is -2.48. The number of hydrogen-bond acceptors (Lipinski definition) is 7. The van der Waals surface area contributed by atoms with E-state index in [-0.39, 0.29) is 54.2 Å². The number of carbonyl (C=O) groups is 5. The minimum absolute atomic E-state index is 0.00805. The topological polar surface area (TPSA) is 171 Å². The molecule has 4 N–H and O–H groups in total. The lowest BCUT2D eigenvalue weighted by molar-refractivity contribution is -0.145. The first-order valence-electron chi connectivity index (χ1n) is 18.6. The Morgan fingerprint density at radius 2 is 1.67 bits per heavy atom. The summed E-state index contributed by atoms with van der Waals surface area (Å²) in [6, 6.07) is -3.77. The molecule has 4 fully saturated rings. The fourth-order valence-corrected chi connectivity index (χ4v) is 11.2. The van der Waals surface area contributed by atoms with Gasteiger partial charge in [0.15, 0.2) is 9.84 Å². The normalized spacial score (nSPS) is 25.3. The first-order valence-corrected chi connectivity index (χ1v) is 20.3. The van der Waals surface area contributed by atoms with Gasteiger partial charge in [0, 0.05) is 19.5 Å². The molecule has 4 rings (SSSR count). The third-order valence-electron chi connectivity index (χ3n) is 11.7. The number of carbonyl (C=O) groups excluding carboxylic acids is 5. The van der Waals surface area contributed by atoms with Crippen molar-refractivity contribution in [3.63, 3.8) is 0 Å². The molecule has 0 aromatic heterocycles. The highest BCUT2D eigenvalue weighted by molar-refractivity contribution is 7.92. The SMILES string of the molecule is C#CCCC(NC(=O)C1C2CC(C)(C)C2CN1C(=O)[C@@H](NC(=O)NC1(CS(=O)(=O)C2CCCC2)CCCCC1)C(C)(C)C)C(=O)C(=O)NCC=C. The highest BCUT2D eigenvalue weighted by Crippen LogP contribution is 2.57. The van der Waals surface area contributed by atoms with Gasteiger partial charge in [-0.3, -0.25) is 19.2 Å². The highest BCUT2D eigenvalue weighted by atomic mass is 32.2. The van der Waals surface area contributed by atoms with Crippen molar-refractivity contribution in [2.45, 2.75) is 141 Å². The van der Waals surface area contributed by atoms with E-state index >= 15 is 0 Å². The molecule has 284 valence electrons. The number of terminal acetylenes is 1. The lowest BCUT2D eigenvalue weighted by atomic mass is 9.55. The van der Waals surface area contributed by atoms with Gasteiger partial charge in [0.1, 0.15) is 12.1 Å². The zero-order valence-electron chi connectivity index (χ0n) is 31.1. The van der Waals surface area contributed by atoms with Crippen LogP contribution in [0.15, 0.2) is 12.7 Å². The molecule has 1 aliphatic heterocycles. The van der Waals surface area contributed by atoms with Gasteiger partial charge in [-0.2, -0.15) is 0 Å². The molecular formula is C38H59N5O7S. The fourth-order valence-electron chi connectivity index (χ4n) is 8.82. The number of hydrogen-bond donors (Lipinski definition) is 4. The Morgan fingerprint density at radius 1 is 1.02 bits per heavy atom. The van der Waals surface area contributed by atoms with Crippen LogP contribution >= 0.6 is 0 Å². The summed E-state index contributed by atoms with van der Waals surface area (Å²) in [5.41, 5.74) is -1.84. The Bertz CT molecular complexity index is 1500. The van der Waals surface area contributed by atoms with Crippen molar-refractivity contribution in [3.8, 4) is 12.3 Å². The van der Waals surface area contributed by atoms with Crippen molar-refractivity contribution < 1.29 is 32.4 Å². The van der Waals surface area contributed by atoms with Crippen LogP contribution in [-0.2, 0) is 29.0 Å². The second-order valence-corrected chi connectivity index (χ2v) is 19.3. The third kappa shape index (κ3) is 9.34. The number of rotatable bonds is 14. The Hall–Kier alpha value is -3.40. The predicted molar refractivity (Wildman–Crippen MR) is 196 cm³/mol. The summed E-state index contributed by atoms with van der Waals surface area (Å²) >= 11 is 0. The largest absolute Gasteiger partial charge is 0.346 e. The molecule has 13 heteroatoms. The molecular weight excluding hydrogens is 671 g/mol. The average Bonchev–Trinajstić information content (AvgIpc) is 3.71. The van der Waals surface area contributed by atoms with Crippen molar-refractivity contribution in [2.75, 3.05) is 18.8 Å². The van der Waals surface area contributed by atoms with Crippen LogP contribution in [0.5, 0.6) is 0 Å². The Morgan fingerprint density at radius 3 is 2.24 bits per heavy atom. The standard InChI is InChI=1S/C38H59N5O7S/c1-8-10-18-28(30(44)33(46)39-21-9-2)40-32(45)29-26-22-37(6,7)27(26)23-43(29)34(47)31(36(3,4)5)41-35(48)42-38(19-14-11-15-20-38)24-51(49,50)25-16-12-13-17-25/h1,9,25-29,31H,2,10-24H2,3-7H3,(H,39,46)(H,40,45)(H2,41,42,48)/t26?,27?,28?,29?,31-/m1/s1. The van der Waals surface area contributed by atoms with Gasteiger partial charge in [0.05, 0.1) is 22.6 Å². The van der Waals surface area contributed by atoms with Crippen molar-refractivity contribution in [2.24, 2.45) is 22.7 Å². The number of ketones is 1. The van der Waals surface area contributed by atoms with Gasteiger partial charge in [0.2, 0.25) is 17.6 Å². The van der Waals surface area contributed by atoms with Crippen molar-refractivity contribution in [3.05, 3.63) is 12.7 Å². The van der Waals surface area contributed by atoms with Crippen molar-refractivity contribution >= 4 is 39.4 Å². The maximum Gasteiger partial charge on any atom is 0.315 e. The first-order chi connectivity index (χ1) is 23.9. The van der Waals surface area contributed by atoms with E-state index in [1.54, 1.807) is 0 Å². The fraction of sp³-hybridized carbons (Fsp3) is 0.763. The van der Waals surface area contributed by atoms with E-state index in [9.17, 15) is 32.4 Å². The van der Waals surface area contributed by atoms with Crippen LogP contribution in [-0.4, -0.2) is 90.6 Å². The van der Waals surface area contributed by atoms with Crippen LogP contribution in [0.4, 0.5) is 4.79 Å². The molecule has 0 spiro atoms. The molecule has 1 saturated heterocycles. The van der Waals surface area contributed by atoms with E-state index in [0.29, 0.717) is 32.1 Å².